The van der Waals surface area contributed by atoms with Gasteiger partial charge < -0.3 is 20.3 Å². The molecule has 1 atom stereocenters. The Bertz CT molecular complexity index is 1270. The number of nitrogens with zero attached hydrogens (tertiary/aromatic N) is 3. The van der Waals surface area contributed by atoms with Crippen molar-refractivity contribution in [3.63, 3.8) is 0 Å². The molecular formula is C26H29N5O4. The van der Waals surface area contributed by atoms with Crippen LogP contribution >= 0.6 is 0 Å². The molecule has 1 aliphatic rings. The molecule has 2 aromatic carbocycles. The number of carbonyl (C=O) groups excluding carboxylic acids is 3. The van der Waals surface area contributed by atoms with E-state index in [1.807, 2.05) is 55.5 Å². The van der Waals surface area contributed by atoms with Crippen molar-refractivity contribution in [1.29, 1.82) is 0 Å². The lowest BCUT2D eigenvalue weighted by molar-refractivity contribution is -0.132. The van der Waals surface area contributed by atoms with Gasteiger partial charge in [-0.15, -0.1) is 0 Å². The van der Waals surface area contributed by atoms with Crippen molar-refractivity contribution < 1.29 is 19.1 Å². The number of benzene rings is 2. The van der Waals surface area contributed by atoms with Crippen molar-refractivity contribution in [3.8, 4) is 5.75 Å². The zero-order valence-corrected chi connectivity index (χ0v) is 20.3. The highest BCUT2D eigenvalue weighted by Gasteiger charge is 2.46. The molecule has 0 aliphatic carbocycles. The minimum atomic E-state index is -1.16. The normalized spacial score (nSPS) is 17.0. The van der Waals surface area contributed by atoms with Crippen LogP contribution in [0.1, 0.15) is 44.6 Å². The molecule has 0 bridgehead atoms. The van der Waals surface area contributed by atoms with Crippen LogP contribution in [0.15, 0.2) is 54.6 Å². The molecule has 9 heteroatoms. The first kappa shape index (κ1) is 24.0. The van der Waals surface area contributed by atoms with Crippen molar-refractivity contribution in [2.45, 2.75) is 39.0 Å². The summed E-state index contributed by atoms with van der Waals surface area (Å²) < 4.78 is 6.64. The summed E-state index contributed by atoms with van der Waals surface area (Å²) in [4.78, 5) is 40.4. The summed E-state index contributed by atoms with van der Waals surface area (Å²) in [6.45, 7) is 4.46. The number of fused-ring (bicyclic) bond motifs is 1. The average molecular weight is 476 g/mol. The van der Waals surface area contributed by atoms with Gasteiger partial charge in [-0.1, -0.05) is 42.0 Å². The fraction of sp³-hybridized carbons (Fsp3) is 0.308. The van der Waals surface area contributed by atoms with Gasteiger partial charge >= 0.3 is 0 Å². The smallest absolute Gasteiger partial charge is 0.272 e. The molecule has 0 saturated heterocycles. The Morgan fingerprint density at radius 1 is 1.06 bits per heavy atom. The first-order valence-electron chi connectivity index (χ1n) is 11.3. The molecule has 1 aliphatic heterocycles. The standard InChI is InChI=1S/C26H29N5O4/c1-17-8-10-18(11-9-17)14-28-25(34)26(2)16-31-22(24(33)30(26)3)13-21(29-31)23(32)27-15-19-6-5-7-20(12-19)35-4/h5-13H,14-16H2,1-4H3,(H,27,32)(H,28,34). The maximum absolute atomic E-state index is 13.1. The van der Waals surface area contributed by atoms with Gasteiger partial charge in [-0.2, -0.15) is 5.10 Å². The molecule has 3 aromatic rings. The number of carbonyl (C=O) groups is 3. The van der Waals surface area contributed by atoms with E-state index in [2.05, 4.69) is 15.7 Å². The Morgan fingerprint density at radius 2 is 1.77 bits per heavy atom. The molecule has 2 heterocycles. The van der Waals surface area contributed by atoms with Gasteiger partial charge in [0.1, 0.15) is 17.0 Å². The molecule has 0 saturated carbocycles. The van der Waals surface area contributed by atoms with Gasteiger partial charge in [-0.3, -0.25) is 19.1 Å². The molecule has 35 heavy (non-hydrogen) atoms. The van der Waals surface area contributed by atoms with Crippen LogP contribution in [0.3, 0.4) is 0 Å². The Kier molecular flexibility index (Phi) is 6.59. The molecule has 0 fully saturated rings. The van der Waals surface area contributed by atoms with Crippen LogP contribution in [-0.2, 0) is 24.4 Å². The van der Waals surface area contributed by atoms with Crippen LogP contribution in [-0.4, -0.2) is 52.1 Å². The number of hydrogen-bond donors (Lipinski definition) is 2. The van der Waals surface area contributed by atoms with Crippen molar-refractivity contribution in [1.82, 2.24) is 25.3 Å². The minimum Gasteiger partial charge on any atom is -0.497 e. The van der Waals surface area contributed by atoms with Crippen LogP contribution in [0.4, 0.5) is 0 Å². The summed E-state index contributed by atoms with van der Waals surface area (Å²) in [5.41, 5.74) is 2.20. The molecule has 1 aromatic heterocycles. The van der Waals surface area contributed by atoms with E-state index in [9.17, 15) is 14.4 Å². The molecule has 0 radical (unpaired) electrons. The van der Waals surface area contributed by atoms with E-state index in [0.29, 0.717) is 12.3 Å². The van der Waals surface area contributed by atoms with Crippen LogP contribution in [0, 0.1) is 6.92 Å². The third kappa shape index (κ3) is 4.89. The van der Waals surface area contributed by atoms with Crippen molar-refractivity contribution in [2.75, 3.05) is 14.2 Å². The van der Waals surface area contributed by atoms with Gasteiger partial charge in [0.25, 0.3) is 11.8 Å². The zero-order chi connectivity index (χ0) is 25.2. The maximum atomic E-state index is 13.1. The zero-order valence-electron chi connectivity index (χ0n) is 20.3. The highest BCUT2D eigenvalue weighted by Crippen LogP contribution is 2.26. The summed E-state index contributed by atoms with van der Waals surface area (Å²) in [5.74, 6) is -0.374. The van der Waals surface area contributed by atoms with Crippen molar-refractivity contribution in [3.05, 3.63) is 82.7 Å². The van der Waals surface area contributed by atoms with E-state index in [0.717, 1.165) is 16.7 Å². The van der Waals surface area contributed by atoms with Gasteiger partial charge in [0.15, 0.2) is 5.69 Å². The topological polar surface area (TPSA) is 106 Å². The predicted molar refractivity (Wildman–Crippen MR) is 130 cm³/mol. The molecule has 3 amide bonds. The van der Waals surface area contributed by atoms with Gasteiger partial charge in [0.05, 0.1) is 13.7 Å². The number of amides is 3. The molecule has 4 rings (SSSR count). The quantitative estimate of drug-likeness (QED) is 0.546. The van der Waals surface area contributed by atoms with E-state index >= 15 is 0 Å². The lowest BCUT2D eigenvalue weighted by Gasteiger charge is -2.40. The molecule has 9 nitrogen and oxygen atoms in total. The largest absolute Gasteiger partial charge is 0.497 e. The van der Waals surface area contributed by atoms with E-state index < -0.39 is 11.4 Å². The molecular weight excluding hydrogens is 446 g/mol. The summed E-state index contributed by atoms with van der Waals surface area (Å²) in [5, 5.41) is 10.1. The number of nitrogens with one attached hydrogen (secondary N) is 2. The van der Waals surface area contributed by atoms with E-state index in [-0.39, 0.29) is 36.3 Å². The summed E-state index contributed by atoms with van der Waals surface area (Å²) in [6, 6.07) is 16.7. The second kappa shape index (κ2) is 9.61. The minimum absolute atomic E-state index is 0.119. The second-order valence-corrected chi connectivity index (χ2v) is 8.91. The predicted octanol–water partition coefficient (Wildman–Crippen LogP) is 2.29. The third-order valence-electron chi connectivity index (χ3n) is 6.38. The highest BCUT2D eigenvalue weighted by atomic mass is 16.5. The lowest BCUT2D eigenvalue weighted by atomic mass is 9.95. The number of aryl methyl sites for hydroxylation is 1. The second-order valence-electron chi connectivity index (χ2n) is 8.91. The Morgan fingerprint density at radius 3 is 2.49 bits per heavy atom. The van der Waals surface area contributed by atoms with E-state index in [1.165, 1.54) is 15.6 Å². The fourth-order valence-electron chi connectivity index (χ4n) is 3.97. The number of ether oxygens (including phenoxy) is 1. The first-order valence-corrected chi connectivity index (χ1v) is 11.3. The lowest BCUT2D eigenvalue weighted by Crippen LogP contribution is -2.62. The van der Waals surface area contributed by atoms with Crippen LogP contribution in [0.25, 0.3) is 0 Å². The SMILES string of the molecule is COc1cccc(CNC(=O)c2cc3n(n2)CC(C)(C(=O)NCc2ccc(C)cc2)N(C)C3=O)c1. The van der Waals surface area contributed by atoms with Crippen LogP contribution < -0.4 is 15.4 Å². The highest BCUT2D eigenvalue weighted by molar-refractivity contribution is 6.01. The fourth-order valence-corrected chi connectivity index (χ4v) is 3.97. The average Bonchev–Trinajstić information content (AvgIpc) is 3.29. The number of rotatable bonds is 7. The molecule has 0 spiro atoms. The number of methoxy groups -OCH3 is 1. The summed E-state index contributed by atoms with van der Waals surface area (Å²) in [7, 11) is 3.17. The Labute approximate surface area is 204 Å². The van der Waals surface area contributed by atoms with Gasteiger partial charge in [-0.25, -0.2) is 0 Å². The molecule has 1 unspecified atom stereocenters. The monoisotopic (exact) mass is 475 g/mol. The van der Waals surface area contributed by atoms with Gasteiger partial charge in [0, 0.05) is 26.2 Å². The van der Waals surface area contributed by atoms with Gasteiger partial charge in [0.2, 0.25) is 5.91 Å². The van der Waals surface area contributed by atoms with E-state index in [1.54, 1.807) is 21.1 Å². The number of likely N-dealkylation sites (N-methyl/N-ethyl adjacent to an activating group) is 1. The van der Waals surface area contributed by atoms with Gasteiger partial charge in [-0.05, 0) is 37.1 Å². The van der Waals surface area contributed by atoms with Crippen LogP contribution in [0.5, 0.6) is 5.75 Å². The summed E-state index contributed by atoms with van der Waals surface area (Å²) >= 11 is 0. The number of aromatic nitrogens is 2. The van der Waals surface area contributed by atoms with Crippen molar-refractivity contribution >= 4 is 17.7 Å². The Hall–Kier alpha value is -4.14. The number of hydrogen-bond acceptors (Lipinski definition) is 5. The molecule has 182 valence electrons. The summed E-state index contributed by atoms with van der Waals surface area (Å²) in [6.07, 6.45) is 0. The third-order valence-corrected chi connectivity index (χ3v) is 6.38. The van der Waals surface area contributed by atoms with Crippen LogP contribution in [0.2, 0.25) is 0 Å². The maximum Gasteiger partial charge on any atom is 0.272 e. The van der Waals surface area contributed by atoms with E-state index in [4.69, 9.17) is 4.74 Å². The molecule has 2 N–H and O–H groups in total. The Balaban J connectivity index is 1.45. The van der Waals surface area contributed by atoms with Crippen molar-refractivity contribution in [2.24, 2.45) is 0 Å². The first-order chi connectivity index (χ1) is 16.7.